The molecule has 28 heavy (non-hydrogen) atoms. The van der Waals surface area contributed by atoms with Gasteiger partial charge in [-0.1, -0.05) is 12.1 Å². The lowest BCUT2D eigenvalue weighted by molar-refractivity contribution is -0.132. The molecular formula is C22H24FN3OS. The minimum atomic E-state index is -0.231. The summed E-state index contributed by atoms with van der Waals surface area (Å²) in [6.45, 7) is 2.56. The van der Waals surface area contributed by atoms with E-state index in [1.807, 2.05) is 29.4 Å². The van der Waals surface area contributed by atoms with Crippen molar-refractivity contribution in [1.82, 2.24) is 14.5 Å². The molecular weight excluding hydrogens is 373 g/mol. The first kappa shape index (κ1) is 19.0. The molecule has 1 fully saturated rings. The monoisotopic (exact) mass is 397 g/mol. The van der Waals surface area contributed by atoms with E-state index in [1.165, 1.54) is 12.1 Å². The lowest BCUT2D eigenvalue weighted by atomic mass is 9.97. The molecule has 4 nitrogen and oxygen atoms in total. The Morgan fingerprint density at radius 2 is 2.00 bits per heavy atom. The maximum Gasteiger partial charge on any atom is 0.223 e. The fourth-order valence-corrected chi connectivity index (χ4v) is 4.66. The van der Waals surface area contributed by atoms with Gasteiger partial charge < -0.3 is 9.47 Å². The van der Waals surface area contributed by atoms with Gasteiger partial charge in [0.05, 0.1) is 17.4 Å². The highest BCUT2D eigenvalue weighted by Crippen LogP contribution is 2.23. The zero-order valence-corrected chi connectivity index (χ0v) is 16.6. The van der Waals surface area contributed by atoms with Crippen LogP contribution >= 0.6 is 11.8 Å². The number of nitrogens with zero attached hydrogens (tertiary/aromatic N) is 3. The number of aromatic nitrogens is 2. The third-order valence-corrected chi connectivity index (χ3v) is 6.27. The summed E-state index contributed by atoms with van der Waals surface area (Å²) in [4.78, 5) is 20.1. The van der Waals surface area contributed by atoms with Crippen LogP contribution in [0.2, 0.25) is 0 Å². The van der Waals surface area contributed by atoms with Gasteiger partial charge in [-0.3, -0.25) is 4.79 Å². The van der Waals surface area contributed by atoms with Crippen molar-refractivity contribution in [1.29, 1.82) is 0 Å². The van der Waals surface area contributed by atoms with Crippen molar-refractivity contribution in [3.8, 4) is 0 Å². The van der Waals surface area contributed by atoms with E-state index in [1.54, 1.807) is 23.9 Å². The molecule has 3 aromatic rings. The smallest absolute Gasteiger partial charge is 0.223 e. The van der Waals surface area contributed by atoms with E-state index in [0.29, 0.717) is 12.3 Å². The highest BCUT2D eigenvalue weighted by Gasteiger charge is 2.24. The number of imidazole rings is 1. The SMILES string of the molecule is O=C(CCSc1ccc(F)cc1)N1CCC[C@H](Cn2cnc3ccccc32)C1. The molecule has 0 saturated carbocycles. The predicted octanol–water partition coefficient (Wildman–Crippen LogP) is 4.60. The van der Waals surface area contributed by atoms with Crippen molar-refractivity contribution in [3.63, 3.8) is 0 Å². The molecule has 1 aliphatic heterocycles. The van der Waals surface area contributed by atoms with E-state index in [4.69, 9.17) is 0 Å². The zero-order chi connectivity index (χ0) is 19.3. The summed E-state index contributed by atoms with van der Waals surface area (Å²) in [6.07, 6.45) is 4.61. The topological polar surface area (TPSA) is 38.1 Å². The number of likely N-dealkylation sites (tertiary alicyclic amines) is 1. The van der Waals surface area contributed by atoms with Crippen molar-refractivity contribution >= 4 is 28.7 Å². The van der Waals surface area contributed by atoms with E-state index >= 15 is 0 Å². The summed E-state index contributed by atoms with van der Waals surface area (Å²) >= 11 is 1.60. The Labute approximate surface area is 168 Å². The molecule has 1 aliphatic rings. The highest BCUT2D eigenvalue weighted by atomic mass is 32.2. The molecule has 0 bridgehead atoms. The average Bonchev–Trinajstić information content (AvgIpc) is 3.12. The van der Waals surface area contributed by atoms with Crippen molar-refractivity contribution in [2.24, 2.45) is 5.92 Å². The van der Waals surface area contributed by atoms with Gasteiger partial charge in [0.15, 0.2) is 0 Å². The number of hydrogen-bond acceptors (Lipinski definition) is 3. The standard InChI is InChI=1S/C22H24FN3OS/c23-18-7-9-19(10-8-18)28-13-11-22(27)25-12-3-4-17(14-25)15-26-16-24-20-5-1-2-6-21(20)26/h1-2,5-10,16-17H,3-4,11-15H2/t17-/m0/s1. The summed E-state index contributed by atoms with van der Waals surface area (Å²) in [5, 5.41) is 0. The number of piperidine rings is 1. The van der Waals surface area contributed by atoms with E-state index in [-0.39, 0.29) is 11.7 Å². The van der Waals surface area contributed by atoms with E-state index in [2.05, 4.69) is 15.6 Å². The van der Waals surface area contributed by atoms with Crippen LogP contribution in [0.15, 0.2) is 59.8 Å². The molecule has 1 atom stereocenters. The van der Waals surface area contributed by atoms with Gasteiger partial charge in [-0.2, -0.15) is 0 Å². The van der Waals surface area contributed by atoms with Gasteiger partial charge in [0.1, 0.15) is 5.82 Å². The maximum absolute atomic E-state index is 13.0. The summed E-state index contributed by atoms with van der Waals surface area (Å²) in [7, 11) is 0. The van der Waals surface area contributed by atoms with Gasteiger partial charge in [-0.25, -0.2) is 9.37 Å². The highest BCUT2D eigenvalue weighted by molar-refractivity contribution is 7.99. The Bertz CT molecular complexity index is 940. The molecule has 6 heteroatoms. The Morgan fingerprint density at radius 3 is 2.86 bits per heavy atom. The Hall–Kier alpha value is -2.34. The van der Waals surface area contributed by atoms with Crippen LogP contribution in [0, 0.1) is 11.7 Å². The largest absolute Gasteiger partial charge is 0.342 e. The van der Waals surface area contributed by atoms with E-state index in [0.717, 1.165) is 54.2 Å². The number of halogens is 1. The predicted molar refractivity (Wildman–Crippen MR) is 111 cm³/mol. The van der Waals surface area contributed by atoms with Gasteiger partial charge in [-0.05, 0) is 55.2 Å². The number of benzene rings is 2. The first-order valence-corrected chi connectivity index (χ1v) is 10.7. The number of rotatable bonds is 6. The number of amides is 1. The second kappa shape index (κ2) is 8.78. The molecule has 146 valence electrons. The molecule has 1 saturated heterocycles. The molecule has 2 aromatic carbocycles. The van der Waals surface area contributed by atoms with Crippen molar-refractivity contribution in [2.45, 2.75) is 30.7 Å². The minimum Gasteiger partial charge on any atom is -0.342 e. The normalized spacial score (nSPS) is 17.2. The summed E-state index contributed by atoms with van der Waals surface area (Å²) in [5.74, 6) is 1.16. The van der Waals surface area contributed by atoms with Crippen molar-refractivity contribution in [3.05, 3.63) is 60.7 Å². The first-order chi connectivity index (χ1) is 13.7. The number of hydrogen-bond donors (Lipinski definition) is 0. The Balaban J connectivity index is 1.29. The minimum absolute atomic E-state index is 0.217. The van der Waals surface area contributed by atoms with Gasteiger partial charge >= 0.3 is 0 Å². The van der Waals surface area contributed by atoms with E-state index < -0.39 is 0 Å². The van der Waals surface area contributed by atoms with Gasteiger partial charge in [0, 0.05) is 36.7 Å². The molecule has 0 spiro atoms. The fourth-order valence-electron chi connectivity index (χ4n) is 3.82. The van der Waals surface area contributed by atoms with Gasteiger partial charge in [-0.15, -0.1) is 11.8 Å². The Morgan fingerprint density at radius 1 is 1.18 bits per heavy atom. The van der Waals surface area contributed by atoms with Crippen LogP contribution in [-0.2, 0) is 11.3 Å². The Kier molecular flexibility index (Phi) is 5.95. The summed E-state index contributed by atoms with van der Waals surface area (Å²) in [6, 6.07) is 14.6. The van der Waals surface area contributed by atoms with Crippen LogP contribution < -0.4 is 0 Å². The fraction of sp³-hybridized carbons (Fsp3) is 0.364. The summed E-state index contributed by atoms with van der Waals surface area (Å²) < 4.78 is 15.2. The molecule has 0 unspecified atom stereocenters. The maximum atomic E-state index is 13.0. The van der Waals surface area contributed by atoms with Crippen LogP contribution in [0.4, 0.5) is 4.39 Å². The number of para-hydroxylation sites is 2. The number of fused-ring (bicyclic) bond motifs is 1. The van der Waals surface area contributed by atoms with Crippen LogP contribution in [0.1, 0.15) is 19.3 Å². The molecule has 0 aliphatic carbocycles. The molecule has 0 N–H and O–H groups in total. The van der Waals surface area contributed by atoms with E-state index in [9.17, 15) is 9.18 Å². The molecule has 4 rings (SSSR count). The van der Waals surface area contributed by atoms with Crippen molar-refractivity contribution < 1.29 is 9.18 Å². The van der Waals surface area contributed by atoms with Crippen LogP contribution in [0.3, 0.4) is 0 Å². The van der Waals surface area contributed by atoms with Crippen LogP contribution in [-0.4, -0.2) is 39.2 Å². The first-order valence-electron chi connectivity index (χ1n) is 9.75. The molecule has 0 radical (unpaired) electrons. The second-order valence-corrected chi connectivity index (χ2v) is 8.45. The van der Waals surface area contributed by atoms with Gasteiger partial charge in [0.25, 0.3) is 0 Å². The van der Waals surface area contributed by atoms with Gasteiger partial charge in [0.2, 0.25) is 5.91 Å². The van der Waals surface area contributed by atoms with Crippen molar-refractivity contribution in [2.75, 3.05) is 18.8 Å². The number of carbonyl (C=O) groups is 1. The number of thioether (sulfide) groups is 1. The lowest BCUT2D eigenvalue weighted by Crippen LogP contribution is -2.41. The quantitative estimate of drug-likeness (QED) is 0.571. The molecule has 1 amide bonds. The lowest BCUT2D eigenvalue weighted by Gasteiger charge is -2.33. The molecule has 2 heterocycles. The van der Waals surface area contributed by atoms with Crippen LogP contribution in [0.5, 0.6) is 0 Å². The average molecular weight is 398 g/mol. The summed E-state index contributed by atoms with van der Waals surface area (Å²) in [5.41, 5.74) is 2.17. The van der Waals surface area contributed by atoms with Crippen LogP contribution in [0.25, 0.3) is 11.0 Å². The molecule has 1 aromatic heterocycles. The third-order valence-electron chi connectivity index (χ3n) is 5.25. The third kappa shape index (κ3) is 4.55. The second-order valence-electron chi connectivity index (χ2n) is 7.29. The number of carbonyl (C=O) groups excluding carboxylic acids is 1. The zero-order valence-electron chi connectivity index (χ0n) is 15.8.